The zero-order valence-corrected chi connectivity index (χ0v) is 16.3. The van der Waals surface area contributed by atoms with Crippen LogP contribution < -0.4 is 15.8 Å². The van der Waals surface area contributed by atoms with Crippen molar-refractivity contribution in [2.75, 3.05) is 19.1 Å². The third kappa shape index (κ3) is 4.78. The monoisotopic (exact) mass is 394 g/mol. The minimum Gasteiger partial charge on any atom is -0.348 e. The van der Waals surface area contributed by atoms with Crippen LogP contribution in [0.1, 0.15) is 39.1 Å². The smallest absolute Gasteiger partial charge is 0.253 e. The van der Waals surface area contributed by atoms with Gasteiger partial charge in [-0.3, -0.25) is 24.6 Å². The molecule has 2 aromatic carbocycles. The van der Waals surface area contributed by atoms with Crippen molar-refractivity contribution in [2.24, 2.45) is 0 Å². The summed E-state index contributed by atoms with van der Waals surface area (Å²) < 4.78 is 0. The fourth-order valence-electron chi connectivity index (χ4n) is 2.85. The second-order valence-electron chi connectivity index (χ2n) is 6.89. The van der Waals surface area contributed by atoms with Gasteiger partial charge < -0.3 is 10.2 Å². The van der Waals surface area contributed by atoms with E-state index in [0.717, 1.165) is 5.56 Å². The first-order valence-corrected chi connectivity index (χ1v) is 9.16. The SMILES string of the molecule is CN(C)C(=O)c1ccc(CNC(=O)c2ccc(N3NC(=O)CCC3=O)cc2)cc1. The molecule has 0 aliphatic carbocycles. The highest BCUT2D eigenvalue weighted by molar-refractivity contribution is 6.01. The minimum atomic E-state index is -0.265. The molecule has 150 valence electrons. The summed E-state index contributed by atoms with van der Waals surface area (Å²) >= 11 is 0. The van der Waals surface area contributed by atoms with Crippen molar-refractivity contribution in [1.82, 2.24) is 15.6 Å². The molecule has 0 saturated carbocycles. The number of amides is 4. The maximum atomic E-state index is 12.4. The van der Waals surface area contributed by atoms with E-state index in [1.807, 2.05) is 0 Å². The lowest BCUT2D eigenvalue weighted by atomic mass is 10.1. The molecule has 2 aromatic rings. The van der Waals surface area contributed by atoms with Gasteiger partial charge in [0.25, 0.3) is 11.8 Å². The lowest BCUT2D eigenvalue weighted by molar-refractivity contribution is -0.130. The van der Waals surface area contributed by atoms with Gasteiger partial charge in [0, 0.05) is 44.6 Å². The number of hydrogen-bond donors (Lipinski definition) is 2. The topological polar surface area (TPSA) is 98.8 Å². The predicted octanol–water partition coefficient (Wildman–Crippen LogP) is 1.48. The van der Waals surface area contributed by atoms with E-state index in [1.165, 1.54) is 9.91 Å². The van der Waals surface area contributed by atoms with E-state index >= 15 is 0 Å². The van der Waals surface area contributed by atoms with Gasteiger partial charge in [0.1, 0.15) is 0 Å². The Morgan fingerprint density at radius 3 is 2.21 bits per heavy atom. The molecule has 8 heteroatoms. The molecular weight excluding hydrogens is 372 g/mol. The third-order valence-corrected chi connectivity index (χ3v) is 4.50. The summed E-state index contributed by atoms with van der Waals surface area (Å²) in [6, 6.07) is 13.5. The van der Waals surface area contributed by atoms with Crippen molar-refractivity contribution >= 4 is 29.3 Å². The van der Waals surface area contributed by atoms with Crippen LogP contribution in [0.5, 0.6) is 0 Å². The molecule has 0 aromatic heterocycles. The van der Waals surface area contributed by atoms with Crippen LogP contribution in [0.4, 0.5) is 5.69 Å². The Hall–Kier alpha value is -3.68. The second kappa shape index (κ2) is 8.55. The Bertz CT molecular complexity index is 936. The first kappa shape index (κ1) is 20.1. The second-order valence-corrected chi connectivity index (χ2v) is 6.89. The van der Waals surface area contributed by atoms with Crippen LogP contribution in [0.2, 0.25) is 0 Å². The quantitative estimate of drug-likeness (QED) is 0.802. The highest BCUT2D eigenvalue weighted by Crippen LogP contribution is 2.18. The van der Waals surface area contributed by atoms with Gasteiger partial charge in [-0.1, -0.05) is 12.1 Å². The molecular formula is C21H22N4O4. The largest absolute Gasteiger partial charge is 0.348 e. The summed E-state index contributed by atoms with van der Waals surface area (Å²) in [4.78, 5) is 49.2. The van der Waals surface area contributed by atoms with Crippen molar-refractivity contribution in [3.8, 4) is 0 Å². The summed E-state index contributed by atoms with van der Waals surface area (Å²) in [6.45, 7) is 0.317. The first-order valence-electron chi connectivity index (χ1n) is 9.16. The number of carbonyl (C=O) groups excluding carboxylic acids is 4. The molecule has 1 fully saturated rings. The van der Waals surface area contributed by atoms with Crippen molar-refractivity contribution in [3.05, 3.63) is 65.2 Å². The van der Waals surface area contributed by atoms with E-state index in [2.05, 4.69) is 10.7 Å². The molecule has 0 radical (unpaired) electrons. The predicted molar refractivity (Wildman–Crippen MR) is 107 cm³/mol. The summed E-state index contributed by atoms with van der Waals surface area (Å²) in [7, 11) is 3.38. The molecule has 1 aliphatic rings. The van der Waals surface area contributed by atoms with Gasteiger partial charge in [0.15, 0.2) is 0 Å². The minimum absolute atomic E-state index is 0.0796. The van der Waals surface area contributed by atoms with E-state index < -0.39 is 0 Å². The van der Waals surface area contributed by atoms with Crippen LogP contribution in [0, 0.1) is 0 Å². The van der Waals surface area contributed by atoms with Crippen LogP contribution in [0.3, 0.4) is 0 Å². The molecule has 1 heterocycles. The van der Waals surface area contributed by atoms with Gasteiger partial charge in [-0.2, -0.15) is 0 Å². The number of nitrogens with zero attached hydrogens (tertiary/aromatic N) is 2. The fourth-order valence-corrected chi connectivity index (χ4v) is 2.85. The lowest BCUT2D eigenvalue weighted by Gasteiger charge is -2.27. The molecule has 29 heavy (non-hydrogen) atoms. The molecule has 0 unspecified atom stereocenters. The molecule has 1 aliphatic heterocycles. The number of hydrogen-bond acceptors (Lipinski definition) is 4. The Morgan fingerprint density at radius 1 is 0.966 bits per heavy atom. The number of carbonyl (C=O) groups is 4. The molecule has 0 bridgehead atoms. The lowest BCUT2D eigenvalue weighted by Crippen LogP contribution is -2.50. The van der Waals surface area contributed by atoms with Gasteiger partial charge in [-0.25, -0.2) is 5.01 Å². The highest BCUT2D eigenvalue weighted by Gasteiger charge is 2.24. The zero-order chi connectivity index (χ0) is 21.0. The molecule has 3 rings (SSSR count). The van der Waals surface area contributed by atoms with E-state index in [-0.39, 0.29) is 36.5 Å². The number of anilines is 1. The van der Waals surface area contributed by atoms with Crippen molar-refractivity contribution in [1.29, 1.82) is 0 Å². The van der Waals surface area contributed by atoms with Crippen LogP contribution >= 0.6 is 0 Å². The van der Waals surface area contributed by atoms with E-state index in [0.29, 0.717) is 23.4 Å². The fraction of sp³-hybridized carbons (Fsp3) is 0.238. The number of benzene rings is 2. The van der Waals surface area contributed by atoms with E-state index in [1.54, 1.807) is 62.6 Å². The van der Waals surface area contributed by atoms with Crippen LogP contribution in [0.15, 0.2) is 48.5 Å². The molecule has 8 nitrogen and oxygen atoms in total. The van der Waals surface area contributed by atoms with E-state index in [4.69, 9.17) is 0 Å². The molecule has 1 saturated heterocycles. The maximum Gasteiger partial charge on any atom is 0.253 e. The average molecular weight is 394 g/mol. The molecule has 2 N–H and O–H groups in total. The van der Waals surface area contributed by atoms with Gasteiger partial charge in [-0.05, 0) is 42.0 Å². The molecule has 4 amide bonds. The highest BCUT2D eigenvalue weighted by atomic mass is 16.2. The van der Waals surface area contributed by atoms with Crippen molar-refractivity contribution < 1.29 is 19.2 Å². The van der Waals surface area contributed by atoms with Gasteiger partial charge in [0.2, 0.25) is 11.8 Å². The standard InChI is InChI=1S/C21H22N4O4/c1-24(2)21(29)16-5-3-14(4-6-16)13-22-20(28)15-7-9-17(10-8-15)25-19(27)12-11-18(26)23-25/h3-10H,11-13H2,1-2H3,(H,22,28)(H,23,26). The summed E-state index contributed by atoms with van der Waals surface area (Å²) in [5.41, 5.74) is 4.90. The van der Waals surface area contributed by atoms with Crippen molar-refractivity contribution in [3.63, 3.8) is 0 Å². The number of hydrazine groups is 1. The Morgan fingerprint density at radius 2 is 1.59 bits per heavy atom. The summed E-state index contributed by atoms with van der Waals surface area (Å²) in [5, 5.41) is 4.02. The first-order chi connectivity index (χ1) is 13.8. The number of rotatable bonds is 5. The summed E-state index contributed by atoms with van der Waals surface area (Å²) in [5.74, 6) is -0.759. The third-order valence-electron chi connectivity index (χ3n) is 4.50. The van der Waals surface area contributed by atoms with Crippen LogP contribution in [-0.4, -0.2) is 42.6 Å². The maximum absolute atomic E-state index is 12.4. The van der Waals surface area contributed by atoms with Crippen molar-refractivity contribution in [2.45, 2.75) is 19.4 Å². The normalized spacial score (nSPS) is 13.7. The zero-order valence-electron chi connectivity index (χ0n) is 16.3. The number of nitrogens with one attached hydrogen (secondary N) is 2. The molecule has 0 atom stereocenters. The van der Waals surface area contributed by atoms with E-state index in [9.17, 15) is 19.2 Å². The van der Waals surface area contributed by atoms with Crippen LogP contribution in [0.25, 0.3) is 0 Å². The Labute approximate surface area is 168 Å². The van der Waals surface area contributed by atoms with Gasteiger partial charge in [-0.15, -0.1) is 0 Å². The van der Waals surface area contributed by atoms with Crippen LogP contribution in [-0.2, 0) is 16.1 Å². The Balaban J connectivity index is 1.59. The molecule has 0 spiro atoms. The summed E-state index contributed by atoms with van der Waals surface area (Å²) in [6.07, 6.45) is 0.340. The van der Waals surface area contributed by atoms with Gasteiger partial charge in [0.05, 0.1) is 5.69 Å². The Kier molecular flexibility index (Phi) is 5.92. The van der Waals surface area contributed by atoms with Gasteiger partial charge >= 0.3 is 0 Å². The average Bonchev–Trinajstić information content (AvgIpc) is 2.73.